The average molecular weight is 210 g/mol. The van der Waals surface area contributed by atoms with Gasteiger partial charge in [0.15, 0.2) is 0 Å². The van der Waals surface area contributed by atoms with Crippen molar-refractivity contribution < 1.29 is 0 Å². The minimum Gasteiger partial charge on any atom is -0.269 e. The van der Waals surface area contributed by atoms with Gasteiger partial charge < -0.3 is 0 Å². The molecule has 0 amide bonds. The molecule has 0 aromatic rings. The largest absolute Gasteiger partial charge is 0.269 e. The van der Waals surface area contributed by atoms with Crippen LogP contribution in [0.3, 0.4) is 0 Å². The Balaban J connectivity index is -0.000000163. The molecular weight excluding hydrogens is 194 g/mol. The predicted octanol–water partition coefficient (Wildman–Crippen LogP) is 1.61. The predicted molar refractivity (Wildman–Crippen MR) is 51.4 cm³/mol. The van der Waals surface area contributed by atoms with E-state index in [0.29, 0.717) is 0 Å². The van der Waals surface area contributed by atoms with E-state index in [-0.39, 0.29) is 37.2 Å². The van der Waals surface area contributed by atoms with E-state index >= 15 is 0 Å². The standard InChI is InChI=1S/C5H12N2.3ClH/c6-7-4-2-1-3-5-7;;;/h1-6H2;3*1H. The number of rotatable bonds is 0. The summed E-state index contributed by atoms with van der Waals surface area (Å²) in [5, 5.41) is 1.89. The highest BCUT2D eigenvalue weighted by atomic mass is 35.5. The van der Waals surface area contributed by atoms with Crippen LogP contribution in [0.2, 0.25) is 0 Å². The molecule has 2 N–H and O–H groups in total. The highest BCUT2D eigenvalue weighted by Crippen LogP contribution is 2.03. The fraction of sp³-hybridized carbons (Fsp3) is 1.00. The zero-order valence-corrected chi connectivity index (χ0v) is 8.23. The van der Waals surface area contributed by atoms with E-state index in [1.165, 1.54) is 19.3 Å². The van der Waals surface area contributed by atoms with E-state index in [1.807, 2.05) is 5.01 Å². The summed E-state index contributed by atoms with van der Waals surface area (Å²) < 4.78 is 0. The van der Waals surface area contributed by atoms with Gasteiger partial charge in [-0.15, -0.1) is 37.2 Å². The van der Waals surface area contributed by atoms with Crippen LogP contribution in [-0.2, 0) is 0 Å². The van der Waals surface area contributed by atoms with Crippen molar-refractivity contribution in [3.8, 4) is 0 Å². The number of hydrazine groups is 1. The van der Waals surface area contributed by atoms with E-state index in [1.54, 1.807) is 0 Å². The van der Waals surface area contributed by atoms with Gasteiger partial charge in [0.25, 0.3) is 0 Å². The van der Waals surface area contributed by atoms with Crippen LogP contribution in [0.25, 0.3) is 0 Å². The summed E-state index contributed by atoms with van der Waals surface area (Å²) in [6.07, 6.45) is 3.95. The first-order valence-corrected chi connectivity index (χ1v) is 2.89. The zero-order chi connectivity index (χ0) is 5.11. The Kier molecular flexibility index (Phi) is 16.7. The van der Waals surface area contributed by atoms with E-state index in [0.717, 1.165) is 13.1 Å². The molecule has 0 aliphatic carbocycles. The van der Waals surface area contributed by atoms with Crippen molar-refractivity contribution in [2.75, 3.05) is 13.1 Å². The molecule has 2 nitrogen and oxygen atoms in total. The summed E-state index contributed by atoms with van der Waals surface area (Å²) in [5.74, 6) is 5.47. The second kappa shape index (κ2) is 9.79. The maximum absolute atomic E-state index is 5.47. The third kappa shape index (κ3) is 6.90. The van der Waals surface area contributed by atoms with Crippen LogP contribution in [0.1, 0.15) is 19.3 Å². The van der Waals surface area contributed by atoms with Gasteiger partial charge in [0, 0.05) is 13.1 Å². The van der Waals surface area contributed by atoms with Gasteiger partial charge in [0.2, 0.25) is 0 Å². The summed E-state index contributed by atoms with van der Waals surface area (Å²) in [5.41, 5.74) is 0. The van der Waals surface area contributed by atoms with Crippen LogP contribution in [0, 0.1) is 0 Å². The summed E-state index contributed by atoms with van der Waals surface area (Å²) >= 11 is 0. The first kappa shape index (κ1) is 17.0. The molecule has 5 heteroatoms. The molecule has 0 saturated carbocycles. The molecule has 0 aromatic carbocycles. The summed E-state index contributed by atoms with van der Waals surface area (Å²) in [7, 11) is 0. The Morgan fingerprint density at radius 1 is 0.800 bits per heavy atom. The normalized spacial score (nSPS) is 17.7. The van der Waals surface area contributed by atoms with Crippen molar-refractivity contribution in [2.45, 2.75) is 19.3 Å². The van der Waals surface area contributed by atoms with Gasteiger partial charge in [-0.25, -0.2) is 5.01 Å². The molecule has 0 radical (unpaired) electrons. The lowest BCUT2D eigenvalue weighted by molar-refractivity contribution is 0.235. The molecule has 10 heavy (non-hydrogen) atoms. The van der Waals surface area contributed by atoms with Crippen LogP contribution >= 0.6 is 37.2 Å². The van der Waals surface area contributed by atoms with E-state index in [2.05, 4.69) is 0 Å². The maximum Gasteiger partial charge on any atom is 0.0128 e. The molecule has 1 heterocycles. The lowest BCUT2D eigenvalue weighted by Crippen LogP contribution is -2.35. The van der Waals surface area contributed by atoms with Crippen LogP contribution in [0.15, 0.2) is 0 Å². The maximum atomic E-state index is 5.47. The first-order valence-electron chi connectivity index (χ1n) is 2.89. The molecule has 0 aromatic heterocycles. The van der Waals surface area contributed by atoms with Crippen molar-refractivity contribution in [2.24, 2.45) is 5.84 Å². The third-order valence-corrected chi connectivity index (χ3v) is 1.39. The molecule has 0 unspecified atom stereocenters. The molecule has 0 atom stereocenters. The fourth-order valence-corrected chi connectivity index (χ4v) is 0.918. The van der Waals surface area contributed by atoms with Gasteiger partial charge in [0.1, 0.15) is 0 Å². The third-order valence-electron chi connectivity index (χ3n) is 1.39. The number of halogens is 3. The molecule has 1 rings (SSSR count). The Morgan fingerprint density at radius 3 is 1.40 bits per heavy atom. The van der Waals surface area contributed by atoms with Gasteiger partial charge in [-0.2, -0.15) is 0 Å². The van der Waals surface area contributed by atoms with Gasteiger partial charge in [-0.3, -0.25) is 5.84 Å². The van der Waals surface area contributed by atoms with Gasteiger partial charge in [-0.1, -0.05) is 6.42 Å². The van der Waals surface area contributed by atoms with Gasteiger partial charge in [-0.05, 0) is 12.8 Å². The highest BCUT2D eigenvalue weighted by molar-refractivity contribution is 5.86. The van der Waals surface area contributed by atoms with Crippen LogP contribution in [-0.4, -0.2) is 18.1 Å². The van der Waals surface area contributed by atoms with Crippen LogP contribution < -0.4 is 5.84 Å². The number of nitrogens with zero attached hydrogens (tertiary/aromatic N) is 1. The zero-order valence-electron chi connectivity index (χ0n) is 5.78. The lowest BCUT2D eigenvalue weighted by Gasteiger charge is -2.20. The second-order valence-electron chi connectivity index (χ2n) is 2.10. The van der Waals surface area contributed by atoms with E-state index in [9.17, 15) is 0 Å². The molecule has 66 valence electrons. The Labute approximate surface area is 80.7 Å². The summed E-state index contributed by atoms with van der Waals surface area (Å²) in [6.45, 7) is 2.19. The topological polar surface area (TPSA) is 29.3 Å². The average Bonchev–Trinajstić information content (AvgIpc) is 1.69. The lowest BCUT2D eigenvalue weighted by atomic mass is 10.2. The highest BCUT2D eigenvalue weighted by Gasteiger charge is 2.02. The minimum atomic E-state index is 0. The monoisotopic (exact) mass is 208 g/mol. The number of piperidine rings is 1. The fourth-order valence-electron chi connectivity index (χ4n) is 0.918. The van der Waals surface area contributed by atoms with Crippen molar-refractivity contribution in [3.05, 3.63) is 0 Å². The minimum absolute atomic E-state index is 0. The Morgan fingerprint density at radius 2 is 1.20 bits per heavy atom. The van der Waals surface area contributed by atoms with Crippen LogP contribution in [0.4, 0.5) is 0 Å². The molecule has 1 saturated heterocycles. The first-order chi connectivity index (χ1) is 3.39. The number of nitrogens with two attached hydrogens (primary N) is 1. The molecule has 0 spiro atoms. The van der Waals surface area contributed by atoms with Crippen molar-refractivity contribution in [1.29, 1.82) is 0 Å². The van der Waals surface area contributed by atoms with Crippen molar-refractivity contribution in [1.82, 2.24) is 5.01 Å². The van der Waals surface area contributed by atoms with Gasteiger partial charge in [0.05, 0.1) is 0 Å². The van der Waals surface area contributed by atoms with Crippen molar-refractivity contribution >= 4 is 37.2 Å². The molecule has 1 aliphatic heterocycles. The Bertz CT molecular complexity index is 56.9. The van der Waals surface area contributed by atoms with E-state index < -0.39 is 0 Å². The Hall–Kier alpha value is 0.790. The molecule has 1 aliphatic rings. The summed E-state index contributed by atoms with van der Waals surface area (Å²) in [6, 6.07) is 0. The SMILES string of the molecule is Cl.Cl.Cl.NN1CCCCC1. The summed E-state index contributed by atoms with van der Waals surface area (Å²) in [4.78, 5) is 0. The van der Waals surface area contributed by atoms with Crippen molar-refractivity contribution in [3.63, 3.8) is 0 Å². The molecule has 1 fully saturated rings. The molecule has 0 bridgehead atoms. The quantitative estimate of drug-likeness (QED) is 0.614. The smallest absolute Gasteiger partial charge is 0.0128 e. The van der Waals surface area contributed by atoms with Crippen LogP contribution in [0.5, 0.6) is 0 Å². The van der Waals surface area contributed by atoms with Gasteiger partial charge >= 0.3 is 0 Å². The second-order valence-corrected chi connectivity index (χ2v) is 2.10. The molecular formula is C5H15Cl3N2. The van der Waals surface area contributed by atoms with E-state index in [4.69, 9.17) is 5.84 Å². The number of hydrogen-bond donors (Lipinski definition) is 1. The number of hydrogen-bond acceptors (Lipinski definition) is 2.